The van der Waals surface area contributed by atoms with Gasteiger partial charge in [-0.1, -0.05) is 42.8 Å². The number of fused-ring (bicyclic) bond motifs is 1. The number of aliphatic hydroxyl groups is 1. The Balaban J connectivity index is 1.96. The smallest absolute Gasteiger partial charge is 0.310 e. The van der Waals surface area contributed by atoms with E-state index in [1.807, 2.05) is 32.1 Å². The molecule has 1 aliphatic heterocycles. The summed E-state index contributed by atoms with van der Waals surface area (Å²) in [4.78, 5) is 41.3. The minimum absolute atomic E-state index is 0.00690. The number of benzene rings is 1. The topological polar surface area (TPSA) is 95.9 Å². The van der Waals surface area contributed by atoms with E-state index in [0.717, 1.165) is 5.56 Å². The molecule has 1 saturated heterocycles. The number of nitrogens with zero attached hydrogens (tertiary/aromatic N) is 1. The molecule has 0 aromatic heterocycles. The number of para-hydroxylation sites is 1. The molecule has 1 aromatic carbocycles. The Bertz CT molecular complexity index is 882. The Morgan fingerprint density at radius 2 is 2.00 bits per heavy atom. The first-order valence-corrected chi connectivity index (χ1v) is 11.5. The van der Waals surface area contributed by atoms with Crippen LogP contribution in [0.5, 0.6) is 0 Å². The summed E-state index contributed by atoms with van der Waals surface area (Å²) in [5, 5.41) is 12.5. The Morgan fingerprint density at radius 1 is 1.25 bits per heavy atom. The van der Waals surface area contributed by atoms with Gasteiger partial charge in [-0.3, -0.25) is 14.4 Å². The van der Waals surface area contributed by atoms with Crippen LogP contribution in [0.2, 0.25) is 5.02 Å². The summed E-state index contributed by atoms with van der Waals surface area (Å²) in [7, 11) is 0. The number of anilines is 1. The van der Waals surface area contributed by atoms with Crippen LogP contribution in [0, 0.1) is 30.6 Å². The lowest BCUT2D eigenvalue weighted by Gasteiger charge is -2.32. The van der Waals surface area contributed by atoms with Crippen molar-refractivity contribution >= 4 is 35.1 Å². The Labute approximate surface area is 193 Å². The van der Waals surface area contributed by atoms with Gasteiger partial charge in [0.2, 0.25) is 11.8 Å². The third kappa shape index (κ3) is 4.69. The largest absolute Gasteiger partial charge is 0.466 e. The molecule has 2 amide bonds. The van der Waals surface area contributed by atoms with E-state index >= 15 is 0 Å². The van der Waals surface area contributed by atoms with Gasteiger partial charge in [0, 0.05) is 19.1 Å². The van der Waals surface area contributed by atoms with Crippen LogP contribution in [0.4, 0.5) is 5.69 Å². The maximum absolute atomic E-state index is 13.5. The zero-order valence-corrected chi connectivity index (χ0v) is 19.5. The second-order valence-electron chi connectivity index (χ2n) is 8.45. The molecular formula is C24H31ClN2O5. The van der Waals surface area contributed by atoms with Crippen molar-refractivity contribution < 1.29 is 24.2 Å². The fraction of sp³-hybridized carbons (Fsp3) is 0.542. The molecule has 5 atom stereocenters. The molecule has 2 N–H and O–H groups in total. The van der Waals surface area contributed by atoms with Crippen LogP contribution in [0.15, 0.2) is 30.4 Å². The predicted octanol–water partition coefficient (Wildman–Crippen LogP) is 3.19. The number of aliphatic hydroxyl groups excluding tert-OH is 1. The number of hydrogen-bond donors (Lipinski definition) is 2. The van der Waals surface area contributed by atoms with Crippen LogP contribution in [0.3, 0.4) is 0 Å². The van der Waals surface area contributed by atoms with Gasteiger partial charge in [0.25, 0.3) is 0 Å². The Hall–Kier alpha value is -2.38. The third-order valence-electron chi connectivity index (χ3n) is 6.38. The van der Waals surface area contributed by atoms with E-state index in [2.05, 4.69) is 5.32 Å². The lowest BCUT2D eigenvalue weighted by atomic mass is 9.70. The van der Waals surface area contributed by atoms with E-state index in [1.165, 1.54) is 0 Å². The summed E-state index contributed by atoms with van der Waals surface area (Å²) in [6.07, 6.45) is 4.86. The number of ether oxygens (including phenoxy) is 1. The first-order chi connectivity index (χ1) is 15.3. The standard InChI is InChI=1S/C24H31ClN2O5/c1-4-32-24(31)18-14(2)10-11-16-19(18)23(30)27(12-5-6-13-28)21(16)22(29)26-20-15(3)8-7-9-17(20)25/h7-11,14,16,18-19,21,28H,4-6,12-13H2,1-3H3,(H,26,29)/t14-,16+,18-,19-,21+/m1/s1. The van der Waals surface area contributed by atoms with Crippen LogP contribution >= 0.6 is 11.6 Å². The second kappa shape index (κ2) is 10.5. The summed E-state index contributed by atoms with van der Waals surface area (Å²) in [5.74, 6) is -2.91. The lowest BCUT2D eigenvalue weighted by molar-refractivity contribution is -0.155. The number of allylic oxidation sites excluding steroid dienone is 1. The molecule has 7 nitrogen and oxygen atoms in total. The van der Waals surface area contributed by atoms with Gasteiger partial charge in [-0.05, 0) is 44.2 Å². The van der Waals surface area contributed by atoms with E-state index in [9.17, 15) is 19.5 Å². The molecule has 2 aliphatic rings. The van der Waals surface area contributed by atoms with Gasteiger partial charge in [-0.15, -0.1) is 0 Å². The molecule has 0 saturated carbocycles. The molecule has 1 aromatic rings. The zero-order chi connectivity index (χ0) is 23.4. The number of likely N-dealkylation sites (tertiary alicyclic amines) is 1. The molecule has 1 fully saturated rings. The van der Waals surface area contributed by atoms with Gasteiger partial charge in [-0.25, -0.2) is 0 Å². The lowest BCUT2D eigenvalue weighted by Crippen LogP contribution is -2.44. The van der Waals surface area contributed by atoms with Crippen molar-refractivity contribution in [3.63, 3.8) is 0 Å². The number of carbonyl (C=O) groups is 3. The number of halogens is 1. The molecule has 8 heteroatoms. The van der Waals surface area contributed by atoms with Gasteiger partial charge >= 0.3 is 5.97 Å². The molecule has 3 rings (SSSR count). The molecule has 0 spiro atoms. The van der Waals surface area contributed by atoms with Gasteiger partial charge in [0.15, 0.2) is 0 Å². The molecular weight excluding hydrogens is 432 g/mol. The molecule has 1 aliphatic carbocycles. The van der Waals surface area contributed by atoms with E-state index < -0.39 is 29.8 Å². The second-order valence-corrected chi connectivity index (χ2v) is 8.86. The Kier molecular flexibility index (Phi) is 7.96. The average Bonchev–Trinajstić information content (AvgIpc) is 3.03. The number of amides is 2. The summed E-state index contributed by atoms with van der Waals surface area (Å²) in [6, 6.07) is 4.58. The first-order valence-electron chi connectivity index (χ1n) is 11.1. The fourth-order valence-corrected chi connectivity index (χ4v) is 5.08. The van der Waals surface area contributed by atoms with Crippen molar-refractivity contribution in [1.82, 2.24) is 4.90 Å². The van der Waals surface area contributed by atoms with Crippen molar-refractivity contribution in [3.05, 3.63) is 40.9 Å². The highest BCUT2D eigenvalue weighted by Gasteiger charge is 2.56. The van der Waals surface area contributed by atoms with E-state index in [0.29, 0.717) is 30.1 Å². The van der Waals surface area contributed by atoms with Crippen LogP contribution in [0.25, 0.3) is 0 Å². The Morgan fingerprint density at radius 3 is 2.66 bits per heavy atom. The monoisotopic (exact) mass is 462 g/mol. The number of carbonyl (C=O) groups excluding carboxylic acids is 3. The van der Waals surface area contributed by atoms with Crippen molar-refractivity contribution in [2.75, 3.05) is 25.1 Å². The normalized spacial score (nSPS) is 26.7. The summed E-state index contributed by atoms with van der Waals surface area (Å²) in [5.41, 5.74) is 1.33. The summed E-state index contributed by atoms with van der Waals surface area (Å²) < 4.78 is 5.27. The van der Waals surface area contributed by atoms with E-state index in [1.54, 1.807) is 24.0 Å². The highest BCUT2D eigenvalue weighted by molar-refractivity contribution is 6.34. The molecule has 0 unspecified atom stereocenters. The predicted molar refractivity (Wildman–Crippen MR) is 122 cm³/mol. The van der Waals surface area contributed by atoms with Crippen LogP contribution < -0.4 is 5.32 Å². The fourth-order valence-electron chi connectivity index (χ4n) is 4.81. The number of unbranched alkanes of at least 4 members (excludes halogenated alkanes) is 1. The minimum atomic E-state index is -0.775. The number of nitrogens with one attached hydrogen (secondary N) is 1. The van der Waals surface area contributed by atoms with Crippen molar-refractivity contribution in [3.8, 4) is 0 Å². The SMILES string of the molecule is CCOC(=O)[C@H]1[C@@H]2C(=O)N(CCCCO)[C@H](C(=O)Nc3c(C)cccc3Cl)[C@H]2C=C[C@H]1C. The number of aryl methyl sites for hydroxylation is 1. The van der Waals surface area contributed by atoms with Crippen molar-refractivity contribution in [2.45, 2.75) is 39.7 Å². The minimum Gasteiger partial charge on any atom is -0.466 e. The van der Waals surface area contributed by atoms with Gasteiger partial charge in [0.1, 0.15) is 6.04 Å². The van der Waals surface area contributed by atoms with Crippen LogP contribution in [-0.2, 0) is 19.1 Å². The average molecular weight is 463 g/mol. The molecule has 174 valence electrons. The summed E-state index contributed by atoms with van der Waals surface area (Å²) in [6.45, 7) is 6.03. The van der Waals surface area contributed by atoms with Gasteiger partial charge in [-0.2, -0.15) is 0 Å². The van der Waals surface area contributed by atoms with E-state index in [-0.39, 0.29) is 30.9 Å². The van der Waals surface area contributed by atoms with E-state index in [4.69, 9.17) is 16.3 Å². The zero-order valence-electron chi connectivity index (χ0n) is 18.7. The number of rotatable bonds is 8. The van der Waals surface area contributed by atoms with Gasteiger partial charge < -0.3 is 20.1 Å². The quantitative estimate of drug-likeness (QED) is 0.351. The maximum atomic E-state index is 13.5. The third-order valence-corrected chi connectivity index (χ3v) is 6.69. The van der Waals surface area contributed by atoms with Crippen molar-refractivity contribution in [2.24, 2.45) is 23.7 Å². The molecule has 0 bridgehead atoms. The highest BCUT2D eigenvalue weighted by Crippen LogP contribution is 2.44. The maximum Gasteiger partial charge on any atom is 0.310 e. The molecule has 1 heterocycles. The van der Waals surface area contributed by atoms with Crippen LogP contribution in [0.1, 0.15) is 32.3 Å². The first kappa shape index (κ1) is 24.3. The number of esters is 1. The molecule has 32 heavy (non-hydrogen) atoms. The van der Waals surface area contributed by atoms with Gasteiger partial charge in [0.05, 0.1) is 29.2 Å². The number of hydrogen-bond acceptors (Lipinski definition) is 5. The summed E-state index contributed by atoms with van der Waals surface area (Å²) >= 11 is 6.31. The van der Waals surface area contributed by atoms with Crippen molar-refractivity contribution in [1.29, 1.82) is 0 Å². The highest BCUT2D eigenvalue weighted by atomic mass is 35.5. The molecule has 0 radical (unpaired) electrons. The van der Waals surface area contributed by atoms with Crippen LogP contribution in [-0.4, -0.2) is 53.6 Å².